The first-order valence-corrected chi connectivity index (χ1v) is 10.2. The first-order chi connectivity index (χ1) is 12.6. The number of ether oxygens (including phenoxy) is 1. The van der Waals surface area contributed by atoms with Crippen LogP contribution in [0, 0.1) is 11.8 Å². The van der Waals surface area contributed by atoms with Crippen LogP contribution in [0.25, 0.3) is 0 Å². The van der Waals surface area contributed by atoms with Crippen LogP contribution in [0.4, 0.5) is 0 Å². The van der Waals surface area contributed by atoms with E-state index in [0.29, 0.717) is 12.3 Å². The number of allylic oxidation sites excluding steroid dienone is 6. The van der Waals surface area contributed by atoms with Gasteiger partial charge >= 0.3 is 5.97 Å². The van der Waals surface area contributed by atoms with Crippen molar-refractivity contribution in [3.05, 3.63) is 36.5 Å². The van der Waals surface area contributed by atoms with Crippen LogP contribution in [0.3, 0.4) is 0 Å². The molecule has 2 atom stereocenters. The second-order valence-corrected chi connectivity index (χ2v) is 6.75. The molecule has 26 heavy (non-hydrogen) atoms. The van der Waals surface area contributed by atoms with Crippen LogP contribution in [0.2, 0.25) is 0 Å². The zero-order valence-electron chi connectivity index (χ0n) is 17.2. The summed E-state index contributed by atoms with van der Waals surface area (Å²) >= 11 is 0. The van der Waals surface area contributed by atoms with E-state index in [1.807, 2.05) is 13.0 Å². The standard InChI is InChI=1S/C14H22O.C9H16O2/c1-3-4-5-6-7-8-9-13-10-11-14(15)12(13)2;1-3-4-5-6-7-8-9(10)11-2/h8-13H,3-7H2,1-2H3;4-5H,3,6-8H2,1-2H3/b9-8+;5-4-/t12?,13-;/m0./s1. The molecule has 0 radical (unpaired) electrons. The van der Waals surface area contributed by atoms with E-state index in [0.717, 1.165) is 25.7 Å². The largest absolute Gasteiger partial charge is 0.469 e. The molecule has 0 spiro atoms. The van der Waals surface area contributed by atoms with Gasteiger partial charge < -0.3 is 4.74 Å². The summed E-state index contributed by atoms with van der Waals surface area (Å²) in [6.45, 7) is 6.33. The second kappa shape index (κ2) is 16.8. The minimum atomic E-state index is -0.116. The van der Waals surface area contributed by atoms with Gasteiger partial charge in [-0.15, -0.1) is 0 Å². The highest BCUT2D eigenvalue weighted by Gasteiger charge is 2.22. The molecule has 3 heteroatoms. The van der Waals surface area contributed by atoms with Crippen molar-refractivity contribution in [3.8, 4) is 0 Å². The lowest BCUT2D eigenvalue weighted by molar-refractivity contribution is -0.140. The van der Waals surface area contributed by atoms with E-state index in [-0.39, 0.29) is 17.7 Å². The summed E-state index contributed by atoms with van der Waals surface area (Å²) in [4.78, 5) is 21.8. The normalized spacial score (nSPS) is 19.2. The number of rotatable bonds is 11. The summed E-state index contributed by atoms with van der Waals surface area (Å²) in [5.74, 6) is 0.672. The van der Waals surface area contributed by atoms with Crippen LogP contribution in [-0.4, -0.2) is 18.9 Å². The Morgan fingerprint density at radius 3 is 2.38 bits per heavy atom. The van der Waals surface area contributed by atoms with Gasteiger partial charge in [-0.1, -0.05) is 70.4 Å². The highest BCUT2D eigenvalue weighted by molar-refractivity contribution is 5.94. The molecule has 0 fully saturated rings. The molecule has 1 aliphatic carbocycles. The zero-order valence-corrected chi connectivity index (χ0v) is 17.2. The predicted octanol–water partition coefficient (Wildman–Crippen LogP) is 6.20. The Morgan fingerprint density at radius 1 is 1.08 bits per heavy atom. The van der Waals surface area contributed by atoms with Gasteiger partial charge in [-0.25, -0.2) is 0 Å². The molecule has 3 nitrogen and oxygen atoms in total. The average Bonchev–Trinajstić information content (AvgIpc) is 2.97. The van der Waals surface area contributed by atoms with Crippen molar-refractivity contribution in [3.63, 3.8) is 0 Å². The van der Waals surface area contributed by atoms with E-state index in [9.17, 15) is 9.59 Å². The third-order valence-electron chi connectivity index (χ3n) is 4.47. The van der Waals surface area contributed by atoms with Crippen LogP contribution < -0.4 is 0 Å². The van der Waals surface area contributed by atoms with Crippen molar-refractivity contribution in [2.45, 2.75) is 78.6 Å². The van der Waals surface area contributed by atoms with Gasteiger partial charge in [0, 0.05) is 18.3 Å². The third kappa shape index (κ3) is 12.7. The molecular weight excluding hydrogens is 324 g/mol. The van der Waals surface area contributed by atoms with Crippen LogP contribution in [0.1, 0.15) is 78.6 Å². The van der Waals surface area contributed by atoms with Crippen LogP contribution in [0.5, 0.6) is 0 Å². The molecule has 0 N–H and O–H groups in total. The maximum Gasteiger partial charge on any atom is 0.305 e. The van der Waals surface area contributed by atoms with Crippen LogP contribution in [-0.2, 0) is 14.3 Å². The summed E-state index contributed by atoms with van der Waals surface area (Å²) in [7, 11) is 1.42. The Morgan fingerprint density at radius 2 is 1.81 bits per heavy atom. The summed E-state index contributed by atoms with van der Waals surface area (Å²) in [6, 6.07) is 0. The third-order valence-corrected chi connectivity index (χ3v) is 4.47. The molecule has 1 rings (SSSR count). The van der Waals surface area contributed by atoms with Crippen molar-refractivity contribution < 1.29 is 14.3 Å². The van der Waals surface area contributed by atoms with E-state index in [1.165, 1.54) is 32.8 Å². The SMILES string of the molecule is CC/C=C\CCCC(=O)OC.CCCCCC/C=C/[C@H]1C=CC(=O)C1C. The molecule has 0 saturated carbocycles. The fourth-order valence-corrected chi connectivity index (χ4v) is 2.64. The number of ketones is 1. The monoisotopic (exact) mass is 362 g/mol. The Balaban J connectivity index is 0.000000508. The topological polar surface area (TPSA) is 43.4 Å². The molecule has 0 aromatic heterocycles. The Labute approximate surface area is 160 Å². The molecule has 1 aliphatic rings. The van der Waals surface area contributed by atoms with Crippen molar-refractivity contribution >= 4 is 11.8 Å². The van der Waals surface area contributed by atoms with Gasteiger partial charge in [-0.2, -0.15) is 0 Å². The van der Waals surface area contributed by atoms with E-state index in [4.69, 9.17) is 0 Å². The molecule has 0 aliphatic heterocycles. The molecule has 148 valence electrons. The lowest BCUT2D eigenvalue weighted by atomic mass is 9.96. The highest BCUT2D eigenvalue weighted by atomic mass is 16.5. The summed E-state index contributed by atoms with van der Waals surface area (Å²) in [5.41, 5.74) is 0. The zero-order chi connectivity index (χ0) is 19.6. The van der Waals surface area contributed by atoms with Gasteiger partial charge in [0.2, 0.25) is 0 Å². The minimum absolute atomic E-state index is 0.116. The van der Waals surface area contributed by atoms with Gasteiger partial charge in [0.25, 0.3) is 0 Å². The number of carbonyl (C=O) groups is 2. The molecule has 0 aromatic rings. The van der Waals surface area contributed by atoms with Crippen LogP contribution >= 0.6 is 0 Å². The molecule has 0 saturated heterocycles. The number of methoxy groups -OCH3 is 1. The smallest absolute Gasteiger partial charge is 0.305 e. The Kier molecular flexibility index (Phi) is 15.7. The minimum Gasteiger partial charge on any atom is -0.469 e. The fraction of sp³-hybridized carbons (Fsp3) is 0.652. The van der Waals surface area contributed by atoms with Gasteiger partial charge in [-0.05, 0) is 38.2 Å². The van der Waals surface area contributed by atoms with Crippen molar-refractivity contribution in [2.24, 2.45) is 11.8 Å². The molecule has 0 heterocycles. The van der Waals surface area contributed by atoms with E-state index < -0.39 is 0 Å². The Hall–Kier alpha value is -1.64. The Bertz CT molecular complexity index is 460. The van der Waals surface area contributed by atoms with Gasteiger partial charge in [0.05, 0.1) is 7.11 Å². The second-order valence-electron chi connectivity index (χ2n) is 6.75. The first-order valence-electron chi connectivity index (χ1n) is 10.2. The maximum atomic E-state index is 11.2. The van der Waals surface area contributed by atoms with Gasteiger partial charge in [0.1, 0.15) is 0 Å². The van der Waals surface area contributed by atoms with E-state index in [2.05, 4.69) is 42.9 Å². The molecule has 0 amide bonds. The average molecular weight is 363 g/mol. The van der Waals surface area contributed by atoms with Gasteiger partial charge in [0.15, 0.2) is 5.78 Å². The maximum absolute atomic E-state index is 11.2. The highest BCUT2D eigenvalue weighted by Crippen LogP contribution is 2.23. The fourth-order valence-electron chi connectivity index (χ4n) is 2.64. The molecule has 1 unspecified atom stereocenters. The summed E-state index contributed by atoms with van der Waals surface area (Å²) in [5, 5.41) is 0. The van der Waals surface area contributed by atoms with Crippen LogP contribution in [0.15, 0.2) is 36.5 Å². The lowest BCUT2D eigenvalue weighted by Gasteiger charge is -2.07. The number of hydrogen-bond donors (Lipinski definition) is 0. The number of esters is 1. The van der Waals surface area contributed by atoms with Crippen molar-refractivity contribution in [1.82, 2.24) is 0 Å². The summed E-state index contributed by atoms with van der Waals surface area (Å²) in [6.07, 6.45) is 22.2. The number of hydrogen-bond acceptors (Lipinski definition) is 3. The van der Waals surface area contributed by atoms with Crippen molar-refractivity contribution in [1.29, 1.82) is 0 Å². The lowest BCUT2D eigenvalue weighted by Crippen LogP contribution is -2.09. The van der Waals surface area contributed by atoms with E-state index >= 15 is 0 Å². The molecule has 0 bridgehead atoms. The summed E-state index contributed by atoms with van der Waals surface area (Å²) < 4.78 is 4.49. The molecular formula is C23H38O3. The first kappa shape index (κ1) is 24.4. The molecule has 0 aromatic carbocycles. The quantitative estimate of drug-likeness (QED) is 0.250. The number of unbranched alkanes of at least 4 members (excludes halogenated alkanes) is 5. The van der Waals surface area contributed by atoms with E-state index in [1.54, 1.807) is 6.08 Å². The number of carbonyl (C=O) groups excluding carboxylic acids is 2. The van der Waals surface area contributed by atoms with Crippen molar-refractivity contribution in [2.75, 3.05) is 7.11 Å². The van der Waals surface area contributed by atoms with Gasteiger partial charge in [-0.3, -0.25) is 9.59 Å². The predicted molar refractivity (Wildman–Crippen MR) is 110 cm³/mol.